The summed E-state index contributed by atoms with van der Waals surface area (Å²) in [5.41, 5.74) is -1.24. The van der Waals surface area contributed by atoms with E-state index >= 15 is 0 Å². The van der Waals surface area contributed by atoms with Crippen LogP contribution in [0, 0.1) is 17.8 Å². The standard InChI is InChI=1S/C20H27NO3.ClH/c1-2-21-15-9-10-16-24-19(22)20(23,17-11-5-3-6-12-17)18-13-7-4-8-14-18;/h3,5-6,11-12,18,21,23H,2,4,7-8,13-16H2,1H3;1H/i1D3,2D2;. The molecule has 2 rings (SSSR count). The van der Waals surface area contributed by atoms with E-state index in [2.05, 4.69) is 17.2 Å². The third-order valence-corrected chi connectivity index (χ3v) is 4.39. The topological polar surface area (TPSA) is 58.6 Å². The Morgan fingerprint density at radius 2 is 2.08 bits per heavy atom. The highest BCUT2D eigenvalue weighted by Crippen LogP contribution is 2.40. The molecule has 1 fully saturated rings. The lowest BCUT2D eigenvalue weighted by Crippen LogP contribution is -2.45. The molecule has 4 nitrogen and oxygen atoms in total. The summed E-state index contributed by atoms with van der Waals surface area (Å²) >= 11 is 0. The zero-order valence-electron chi connectivity index (χ0n) is 19.1. The van der Waals surface area contributed by atoms with Gasteiger partial charge in [0, 0.05) is 12.8 Å². The van der Waals surface area contributed by atoms with E-state index in [1.807, 2.05) is 6.07 Å². The first-order valence-corrected chi connectivity index (χ1v) is 8.25. The van der Waals surface area contributed by atoms with Crippen LogP contribution < -0.4 is 5.32 Å². The Bertz CT molecular complexity index is 742. The molecule has 1 aromatic carbocycles. The number of hydrogen-bond acceptors (Lipinski definition) is 4. The molecule has 0 aliphatic heterocycles. The molecule has 0 spiro atoms. The highest BCUT2D eigenvalue weighted by molar-refractivity contribution is 5.85. The van der Waals surface area contributed by atoms with Crippen molar-refractivity contribution in [2.24, 2.45) is 5.92 Å². The molecule has 1 aromatic rings. The van der Waals surface area contributed by atoms with E-state index in [0.717, 1.165) is 32.1 Å². The molecule has 138 valence electrons. The van der Waals surface area contributed by atoms with E-state index in [1.54, 1.807) is 24.3 Å². The van der Waals surface area contributed by atoms with Gasteiger partial charge >= 0.3 is 5.97 Å². The average molecular weight is 371 g/mol. The van der Waals surface area contributed by atoms with Gasteiger partial charge in [-0.1, -0.05) is 68.3 Å². The Morgan fingerprint density at radius 1 is 1.36 bits per heavy atom. The molecule has 5 heteroatoms. The van der Waals surface area contributed by atoms with Crippen LogP contribution in [-0.2, 0) is 15.1 Å². The summed E-state index contributed by atoms with van der Waals surface area (Å²) < 4.78 is 41.4. The lowest BCUT2D eigenvalue weighted by molar-refractivity contribution is -0.174. The van der Waals surface area contributed by atoms with Crippen LogP contribution in [0.2, 0.25) is 0 Å². The Labute approximate surface area is 163 Å². The molecular formula is C20H28ClNO3. The predicted molar refractivity (Wildman–Crippen MR) is 101 cm³/mol. The summed E-state index contributed by atoms with van der Waals surface area (Å²) in [6.45, 7) is -5.87. The fourth-order valence-electron chi connectivity index (χ4n) is 3.15. The smallest absolute Gasteiger partial charge is 0.344 e. The second-order valence-electron chi connectivity index (χ2n) is 5.88. The molecule has 1 unspecified atom stereocenters. The first kappa shape index (κ1) is 14.6. The number of carbonyl (C=O) groups excluding carboxylic acids is 1. The van der Waals surface area contributed by atoms with Crippen LogP contribution in [-0.4, -0.2) is 30.7 Å². The minimum Gasteiger partial charge on any atom is -0.450 e. The fourth-order valence-corrected chi connectivity index (χ4v) is 3.15. The molecule has 0 heterocycles. The number of ether oxygens (including phenoxy) is 1. The molecule has 0 saturated heterocycles. The molecular weight excluding hydrogens is 338 g/mol. The van der Waals surface area contributed by atoms with E-state index in [4.69, 9.17) is 11.6 Å². The van der Waals surface area contributed by atoms with Crippen LogP contribution in [0.25, 0.3) is 0 Å². The number of carbonyl (C=O) groups is 1. The number of nitrogens with one attached hydrogen (secondary N) is 1. The zero-order valence-corrected chi connectivity index (χ0v) is 14.9. The molecule has 1 aliphatic carbocycles. The van der Waals surface area contributed by atoms with E-state index in [0.29, 0.717) is 5.56 Å². The molecule has 0 amide bonds. The summed E-state index contributed by atoms with van der Waals surface area (Å²) in [5, 5.41) is 13.5. The quantitative estimate of drug-likeness (QED) is 0.597. The van der Waals surface area contributed by atoms with Gasteiger partial charge in [-0.3, -0.25) is 0 Å². The molecule has 0 aromatic heterocycles. The van der Waals surface area contributed by atoms with E-state index < -0.39 is 24.9 Å². The summed E-state index contributed by atoms with van der Waals surface area (Å²) in [6.07, 6.45) is 4.45. The summed E-state index contributed by atoms with van der Waals surface area (Å²) in [5.74, 6) is 4.10. The second kappa shape index (κ2) is 11.1. The molecule has 1 aliphatic rings. The minimum absolute atomic E-state index is 0. The predicted octanol–water partition coefficient (Wildman–Crippen LogP) is 3.03. The van der Waals surface area contributed by atoms with E-state index in [1.165, 1.54) is 0 Å². The number of halogens is 1. The SMILES string of the molecule is Cl.[2H]C([2H])([2H])C([2H])([2H])NCC#CCOC(=O)C(O)(c1ccccc1)C1CCCCC1. The normalized spacial score (nSPS) is 20.8. The van der Waals surface area contributed by atoms with Crippen LogP contribution in [0.3, 0.4) is 0 Å². The Balaban J connectivity index is 0.00000450. The summed E-state index contributed by atoms with van der Waals surface area (Å²) in [7, 11) is 0. The Kier molecular flexibility index (Phi) is 6.52. The van der Waals surface area contributed by atoms with Crippen molar-refractivity contribution in [2.75, 3.05) is 19.6 Å². The maximum Gasteiger partial charge on any atom is 0.344 e. The Morgan fingerprint density at radius 3 is 2.76 bits per heavy atom. The van der Waals surface area contributed by atoms with Crippen molar-refractivity contribution in [3.8, 4) is 11.8 Å². The monoisotopic (exact) mass is 370 g/mol. The third kappa shape index (κ3) is 5.74. The summed E-state index contributed by atoms with van der Waals surface area (Å²) in [4.78, 5) is 12.8. The van der Waals surface area contributed by atoms with Crippen molar-refractivity contribution < 1.29 is 21.5 Å². The van der Waals surface area contributed by atoms with Gasteiger partial charge in [0.2, 0.25) is 0 Å². The Hall–Kier alpha value is -1.54. The second-order valence-corrected chi connectivity index (χ2v) is 5.88. The average Bonchev–Trinajstić information content (AvgIpc) is 2.70. The van der Waals surface area contributed by atoms with Gasteiger partial charge < -0.3 is 15.2 Å². The zero-order chi connectivity index (χ0) is 21.5. The first-order chi connectivity index (χ1) is 13.6. The van der Waals surface area contributed by atoms with Gasteiger partial charge in [0.25, 0.3) is 0 Å². The van der Waals surface area contributed by atoms with Crippen LogP contribution >= 0.6 is 12.4 Å². The van der Waals surface area contributed by atoms with Crippen molar-refractivity contribution in [3.63, 3.8) is 0 Å². The van der Waals surface area contributed by atoms with Crippen molar-refractivity contribution in [1.82, 2.24) is 5.32 Å². The summed E-state index contributed by atoms with van der Waals surface area (Å²) in [6, 6.07) is 8.76. The molecule has 2 N–H and O–H groups in total. The first-order valence-electron chi connectivity index (χ1n) is 10.7. The van der Waals surface area contributed by atoms with Gasteiger partial charge in [-0.25, -0.2) is 4.79 Å². The number of benzene rings is 1. The van der Waals surface area contributed by atoms with Crippen LogP contribution in [0.5, 0.6) is 0 Å². The highest BCUT2D eigenvalue weighted by atomic mass is 35.5. The number of rotatable bonds is 6. The molecule has 0 bridgehead atoms. The molecule has 1 atom stereocenters. The van der Waals surface area contributed by atoms with E-state index in [-0.39, 0.29) is 31.5 Å². The number of aliphatic hydroxyl groups is 1. The molecule has 0 radical (unpaired) electrons. The van der Waals surface area contributed by atoms with Gasteiger partial charge in [-0.15, -0.1) is 12.4 Å². The van der Waals surface area contributed by atoms with Crippen molar-refractivity contribution in [2.45, 2.75) is 44.6 Å². The van der Waals surface area contributed by atoms with Crippen LogP contribution in [0.15, 0.2) is 30.3 Å². The minimum atomic E-state index is -2.81. The van der Waals surface area contributed by atoms with Crippen molar-refractivity contribution >= 4 is 18.4 Å². The van der Waals surface area contributed by atoms with Gasteiger partial charge in [0.15, 0.2) is 12.2 Å². The molecule has 25 heavy (non-hydrogen) atoms. The number of esters is 1. The highest BCUT2D eigenvalue weighted by Gasteiger charge is 2.46. The van der Waals surface area contributed by atoms with Gasteiger partial charge in [-0.05, 0) is 24.9 Å². The lowest BCUT2D eigenvalue weighted by atomic mass is 9.73. The maximum absolute atomic E-state index is 12.8. The number of hydrogen-bond donors (Lipinski definition) is 2. The fraction of sp³-hybridized carbons (Fsp3) is 0.550. The van der Waals surface area contributed by atoms with Crippen molar-refractivity contribution in [3.05, 3.63) is 35.9 Å². The largest absolute Gasteiger partial charge is 0.450 e. The van der Waals surface area contributed by atoms with Crippen LogP contribution in [0.4, 0.5) is 0 Å². The van der Waals surface area contributed by atoms with Gasteiger partial charge in [0.05, 0.1) is 6.54 Å². The van der Waals surface area contributed by atoms with Crippen molar-refractivity contribution in [1.29, 1.82) is 0 Å². The molecule has 1 saturated carbocycles. The van der Waals surface area contributed by atoms with E-state index in [9.17, 15) is 9.90 Å². The van der Waals surface area contributed by atoms with Gasteiger partial charge in [-0.2, -0.15) is 0 Å². The van der Waals surface area contributed by atoms with Crippen LogP contribution in [0.1, 0.15) is 51.4 Å². The lowest BCUT2D eigenvalue weighted by Gasteiger charge is -2.36. The maximum atomic E-state index is 12.8. The van der Waals surface area contributed by atoms with Gasteiger partial charge in [0.1, 0.15) is 0 Å². The third-order valence-electron chi connectivity index (χ3n) is 4.39.